The fourth-order valence-corrected chi connectivity index (χ4v) is 2.53. The molecule has 3 nitrogen and oxygen atoms in total. The predicted octanol–water partition coefficient (Wildman–Crippen LogP) is 3.29. The van der Waals surface area contributed by atoms with Crippen molar-refractivity contribution in [3.8, 4) is 5.75 Å². The summed E-state index contributed by atoms with van der Waals surface area (Å²) in [4.78, 5) is 4.16. The number of halogens is 1. The largest absolute Gasteiger partial charge is 0.494 e. The number of benzene rings is 1. The molecule has 0 aliphatic carbocycles. The third kappa shape index (κ3) is 3.39. The van der Waals surface area contributed by atoms with Crippen molar-refractivity contribution in [3.63, 3.8) is 0 Å². The van der Waals surface area contributed by atoms with Crippen LogP contribution in [0, 0.1) is 5.82 Å². The highest BCUT2D eigenvalue weighted by atomic mass is 19.1. The van der Waals surface area contributed by atoms with Gasteiger partial charge in [-0.1, -0.05) is 19.1 Å². The van der Waals surface area contributed by atoms with Gasteiger partial charge in [0.2, 0.25) is 0 Å². The summed E-state index contributed by atoms with van der Waals surface area (Å²) >= 11 is 0. The lowest BCUT2D eigenvalue weighted by Crippen LogP contribution is -2.21. The maximum absolute atomic E-state index is 14.3. The summed E-state index contributed by atoms with van der Waals surface area (Å²) in [6, 6.07) is 7.30. The van der Waals surface area contributed by atoms with E-state index in [9.17, 15) is 4.39 Å². The van der Waals surface area contributed by atoms with Crippen molar-refractivity contribution in [2.45, 2.75) is 25.8 Å². The van der Waals surface area contributed by atoms with E-state index in [0.717, 1.165) is 12.0 Å². The van der Waals surface area contributed by atoms with Gasteiger partial charge in [-0.2, -0.15) is 0 Å². The smallest absolute Gasteiger partial charge is 0.168 e. The van der Waals surface area contributed by atoms with Crippen molar-refractivity contribution in [2.24, 2.45) is 0 Å². The first kappa shape index (κ1) is 15.4. The van der Waals surface area contributed by atoms with Gasteiger partial charge < -0.3 is 10.1 Å². The second-order valence-electron chi connectivity index (χ2n) is 4.91. The number of hydrogen-bond acceptors (Lipinski definition) is 3. The van der Waals surface area contributed by atoms with Gasteiger partial charge in [-0.25, -0.2) is 4.39 Å². The number of nitrogens with zero attached hydrogens (tertiary/aromatic N) is 1. The van der Waals surface area contributed by atoms with Crippen LogP contribution >= 0.6 is 0 Å². The van der Waals surface area contributed by atoms with Gasteiger partial charge in [-0.05, 0) is 48.7 Å². The molecule has 0 saturated carbocycles. The Labute approximate surface area is 125 Å². The molecular weight excluding hydrogens is 267 g/mol. The maximum atomic E-state index is 14.3. The summed E-state index contributed by atoms with van der Waals surface area (Å²) in [6.07, 6.45) is 5.13. The van der Waals surface area contributed by atoms with Crippen LogP contribution in [0.15, 0.2) is 36.7 Å². The lowest BCUT2D eigenvalue weighted by molar-refractivity contribution is 0.383. The van der Waals surface area contributed by atoms with Gasteiger partial charge in [0.25, 0.3) is 0 Å². The van der Waals surface area contributed by atoms with Crippen LogP contribution in [0.1, 0.15) is 29.7 Å². The highest BCUT2D eigenvalue weighted by molar-refractivity contribution is 5.34. The van der Waals surface area contributed by atoms with Crippen molar-refractivity contribution in [1.29, 1.82) is 0 Å². The molecule has 1 N–H and O–H groups in total. The van der Waals surface area contributed by atoms with Crippen molar-refractivity contribution >= 4 is 0 Å². The normalized spacial score (nSPS) is 12.2. The van der Waals surface area contributed by atoms with Crippen molar-refractivity contribution in [2.75, 3.05) is 14.2 Å². The van der Waals surface area contributed by atoms with E-state index in [1.54, 1.807) is 18.3 Å². The minimum Gasteiger partial charge on any atom is -0.494 e. The number of ether oxygens (including phenoxy) is 1. The number of pyridine rings is 1. The predicted molar refractivity (Wildman–Crippen MR) is 82.1 cm³/mol. The number of aryl methyl sites for hydroxylation is 1. The van der Waals surface area contributed by atoms with Gasteiger partial charge in [-0.15, -0.1) is 0 Å². The van der Waals surface area contributed by atoms with Gasteiger partial charge in [0, 0.05) is 18.4 Å². The van der Waals surface area contributed by atoms with Gasteiger partial charge in [0.15, 0.2) is 11.6 Å². The molecule has 0 amide bonds. The number of likely N-dealkylation sites (N-methyl/N-ethyl adjacent to an activating group) is 1. The Balaban J connectivity index is 2.31. The Hall–Kier alpha value is -1.94. The van der Waals surface area contributed by atoms with Gasteiger partial charge >= 0.3 is 0 Å². The molecule has 1 heterocycles. The maximum Gasteiger partial charge on any atom is 0.168 e. The molecule has 0 fully saturated rings. The molecule has 2 aromatic rings. The highest BCUT2D eigenvalue weighted by Gasteiger charge is 2.17. The second-order valence-corrected chi connectivity index (χ2v) is 4.91. The Bertz CT molecular complexity index is 601. The zero-order chi connectivity index (χ0) is 15.2. The van der Waals surface area contributed by atoms with Crippen molar-refractivity contribution in [1.82, 2.24) is 10.3 Å². The van der Waals surface area contributed by atoms with E-state index in [0.29, 0.717) is 12.0 Å². The molecule has 1 aromatic heterocycles. The quantitative estimate of drug-likeness (QED) is 0.885. The molecule has 0 bridgehead atoms. The van der Waals surface area contributed by atoms with E-state index in [4.69, 9.17) is 4.74 Å². The monoisotopic (exact) mass is 288 g/mol. The fraction of sp³-hybridized carbons (Fsp3) is 0.353. The molecule has 4 heteroatoms. The van der Waals surface area contributed by atoms with Crippen LogP contribution in [0.25, 0.3) is 0 Å². The van der Waals surface area contributed by atoms with Crippen LogP contribution in [-0.2, 0) is 12.8 Å². The molecule has 0 aliphatic heterocycles. The summed E-state index contributed by atoms with van der Waals surface area (Å²) in [5.74, 6) is 0.000140. The van der Waals surface area contributed by atoms with Crippen LogP contribution in [0.4, 0.5) is 4.39 Å². The van der Waals surface area contributed by atoms with Crippen LogP contribution in [0.3, 0.4) is 0 Å². The van der Waals surface area contributed by atoms with Gasteiger partial charge in [0.1, 0.15) is 0 Å². The number of aromatic nitrogens is 1. The molecule has 0 spiro atoms. The lowest BCUT2D eigenvalue weighted by atomic mass is 9.95. The molecule has 1 atom stereocenters. The molecule has 2 rings (SSSR count). The summed E-state index contributed by atoms with van der Waals surface area (Å²) in [6.45, 7) is 2.10. The molecule has 1 aromatic carbocycles. The first-order valence-corrected chi connectivity index (χ1v) is 7.12. The zero-order valence-electron chi connectivity index (χ0n) is 12.7. The Morgan fingerprint density at radius 2 is 2.10 bits per heavy atom. The Kier molecular flexibility index (Phi) is 5.28. The van der Waals surface area contributed by atoms with E-state index in [-0.39, 0.29) is 17.6 Å². The van der Waals surface area contributed by atoms with Crippen LogP contribution in [-0.4, -0.2) is 19.1 Å². The van der Waals surface area contributed by atoms with Crippen LogP contribution < -0.4 is 10.1 Å². The van der Waals surface area contributed by atoms with Crippen molar-refractivity contribution < 1.29 is 9.13 Å². The standard InChI is InChI=1S/C17H21FN2O/c1-4-12-11-20-9-8-14(12)15(19-2)10-13-6-5-7-16(21-3)17(13)18/h5-9,11,15,19H,4,10H2,1-3H3. The van der Waals surface area contributed by atoms with Gasteiger partial charge in [-0.3, -0.25) is 4.98 Å². The second kappa shape index (κ2) is 7.18. The minimum absolute atomic E-state index is 0.0459. The van der Waals surface area contributed by atoms with E-state index >= 15 is 0 Å². The summed E-state index contributed by atoms with van der Waals surface area (Å²) in [5.41, 5.74) is 2.99. The summed E-state index contributed by atoms with van der Waals surface area (Å²) in [7, 11) is 3.37. The highest BCUT2D eigenvalue weighted by Crippen LogP contribution is 2.26. The third-order valence-corrected chi connectivity index (χ3v) is 3.73. The van der Waals surface area contributed by atoms with Crippen LogP contribution in [0.5, 0.6) is 5.75 Å². The average Bonchev–Trinajstić information content (AvgIpc) is 2.54. The molecule has 21 heavy (non-hydrogen) atoms. The average molecular weight is 288 g/mol. The van der Waals surface area contributed by atoms with E-state index in [1.807, 2.05) is 25.4 Å². The van der Waals surface area contributed by atoms with Gasteiger partial charge in [0.05, 0.1) is 7.11 Å². The van der Waals surface area contributed by atoms with E-state index < -0.39 is 0 Å². The van der Waals surface area contributed by atoms with E-state index in [1.165, 1.54) is 12.7 Å². The lowest BCUT2D eigenvalue weighted by Gasteiger charge is -2.20. The van der Waals surface area contributed by atoms with E-state index in [2.05, 4.69) is 17.2 Å². The fourth-order valence-electron chi connectivity index (χ4n) is 2.53. The molecule has 0 saturated heterocycles. The Morgan fingerprint density at radius 3 is 2.76 bits per heavy atom. The van der Waals surface area contributed by atoms with Crippen LogP contribution in [0.2, 0.25) is 0 Å². The molecule has 0 radical (unpaired) electrons. The first-order chi connectivity index (χ1) is 10.2. The summed E-state index contributed by atoms with van der Waals surface area (Å²) < 4.78 is 19.3. The number of methoxy groups -OCH3 is 1. The third-order valence-electron chi connectivity index (χ3n) is 3.73. The minimum atomic E-state index is -0.285. The Morgan fingerprint density at radius 1 is 1.29 bits per heavy atom. The number of nitrogens with one attached hydrogen (secondary N) is 1. The number of rotatable bonds is 6. The first-order valence-electron chi connectivity index (χ1n) is 7.12. The summed E-state index contributed by atoms with van der Waals surface area (Å²) in [5, 5.41) is 3.27. The van der Waals surface area contributed by atoms with Crippen molar-refractivity contribution in [3.05, 3.63) is 59.2 Å². The number of hydrogen-bond donors (Lipinski definition) is 1. The molecular formula is C17H21FN2O. The molecule has 1 unspecified atom stereocenters. The topological polar surface area (TPSA) is 34.1 Å². The molecule has 0 aliphatic rings. The molecule has 112 valence electrons. The SMILES string of the molecule is CCc1cnccc1C(Cc1cccc(OC)c1F)NC. The zero-order valence-corrected chi connectivity index (χ0v) is 12.7.